The van der Waals surface area contributed by atoms with Crippen molar-refractivity contribution in [1.82, 2.24) is 29.7 Å². The molecule has 5 rings (SSSR count). The zero-order valence-corrected chi connectivity index (χ0v) is 17.4. The Morgan fingerprint density at radius 2 is 1.77 bits per heavy atom. The molecule has 1 aromatic carbocycles. The quantitative estimate of drug-likeness (QED) is 0.715. The van der Waals surface area contributed by atoms with Crippen LogP contribution in [0.2, 0.25) is 0 Å². The van der Waals surface area contributed by atoms with Crippen LogP contribution < -0.4 is 4.90 Å². The highest BCUT2D eigenvalue weighted by Gasteiger charge is 2.24. The first-order chi connectivity index (χ1) is 14.7. The Bertz CT molecular complexity index is 986. The molecule has 2 aromatic heterocycles. The van der Waals surface area contributed by atoms with Crippen LogP contribution in [0.15, 0.2) is 30.6 Å². The second-order valence-corrected chi connectivity index (χ2v) is 8.49. The van der Waals surface area contributed by atoms with Crippen LogP contribution in [0.3, 0.4) is 0 Å². The molecule has 0 atom stereocenters. The average molecular weight is 410 g/mol. The highest BCUT2D eigenvalue weighted by atomic mass is 19.1. The molecule has 2 fully saturated rings. The Morgan fingerprint density at radius 1 is 1.03 bits per heavy atom. The third-order valence-corrected chi connectivity index (χ3v) is 6.34. The monoisotopic (exact) mass is 409 g/mol. The van der Waals surface area contributed by atoms with Gasteiger partial charge in [0.25, 0.3) is 0 Å². The van der Waals surface area contributed by atoms with Gasteiger partial charge in [-0.3, -0.25) is 4.90 Å². The summed E-state index contributed by atoms with van der Waals surface area (Å²) >= 11 is 0. The van der Waals surface area contributed by atoms with Gasteiger partial charge in [0, 0.05) is 56.6 Å². The molecule has 0 radical (unpaired) electrons. The fourth-order valence-electron chi connectivity index (χ4n) is 4.43. The minimum absolute atomic E-state index is 0.257. The molecule has 2 aliphatic heterocycles. The highest BCUT2D eigenvalue weighted by Crippen LogP contribution is 2.29. The number of anilines is 1. The summed E-state index contributed by atoms with van der Waals surface area (Å²) in [5.41, 5.74) is 2.38. The maximum absolute atomic E-state index is 13.9. The summed E-state index contributed by atoms with van der Waals surface area (Å²) in [6, 6.07) is 5.07. The van der Waals surface area contributed by atoms with Gasteiger partial charge in [0.15, 0.2) is 5.82 Å². The van der Waals surface area contributed by atoms with Crippen molar-refractivity contribution in [3.63, 3.8) is 0 Å². The van der Waals surface area contributed by atoms with Crippen molar-refractivity contribution >= 4 is 17.0 Å². The van der Waals surface area contributed by atoms with Crippen LogP contribution in [0, 0.1) is 5.82 Å². The summed E-state index contributed by atoms with van der Waals surface area (Å²) in [5.74, 6) is 1.84. The molecule has 7 nitrogen and oxygen atoms in total. The van der Waals surface area contributed by atoms with Crippen molar-refractivity contribution in [3.8, 4) is 0 Å². The number of hydrogen-bond donors (Lipinski definition) is 1. The molecule has 158 valence electrons. The van der Waals surface area contributed by atoms with Gasteiger partial charge < -0.3 is 14.8 Å². The van der Waals surface area contributed by atoms with Gasteiger partial charge in [-0.05, 0) is 45.1 Å². The van der Waals surface area contributed by atoms with Gasteiger partial charge in [-0.15, -0.1) is 0 Å². The van der Waals surface area contributed by atoms with E-state index in [4.69, 9.17) is 0 Å². The van der Waals surface area contributed by atoms with E-state index in [1.165, 1.54) is 6.07 Å². The lowest BCUT2D eigenvalue weighted by molar-refractivity contribution is 0.202. The number of aromatic nitrogens is 4. The van der Waals surface area contributed by atoms with E-state index in [-0.39, 0.29) is 5.82 Å². The Labute approximate surface area is 175 Å². The number of imidazole rings is 1. The second kappa shape index (κ2) is 8.28. The van der Waals surface area contributed by atoms with E-state index in [1.54, 1.807) is 6.07 Å². The van der Waals surface area contributed by atoms with Gasteiger partial charge in [0.2, 0.25) is 5.95 Å². The average Bonchev–Trinajstić information content (AvgIpc) is 3.21. The van der Waals surface area contributed by atoms with Crippen molar-refractivity contribution in [1.29, 1.82) is 0 Å². The summed E-state index contributed by atoms with van der Waals surface area (Å²) in [4.78, 5) is 24.1. The Balaban J connectivity index is 1.16. The predicted molar refractivity (Wildman–Crippen MR) is 115 cm³/mol. The number of fused-ring (bicyclic) bond motifs is 1. The number of likely N-dealkylation sites (N-methyl/N-ethyl adjacent to an activating group) is 1. The summed E-state index contributed by atoms with van der Waals surface area (Å²) < 4.78 is 13.9. The molecule has 0 unspecified atom stereocenters. The number of piperidine rings is 1. The Hall–Kier alpha value is -2.58. The molecule has 8 heteroatoms. The first kappa shape index (κ1) is 19.4. The molecule has 0 aliphatic carbocycles. The first-order valence-corrected chi connectivity index (χ1v) is 10.8. The van der Waals surface area contributed by atoms with Crippen molar-refractivity contribution in [2.75, 3.05) is 51.2 Å². The van der Waals surface area contributed by atoms with Crippen molar-refractivity contribution in [2.45, 2.75) is 25.3 Å². The molecular weight excluding hydrogens is 381 g/mol. The smallest absolute Gasteiger partial charge is 0.225 e. The molecule has 4 heterocycles. The van der Waals surface area contributed by atoms with Gasteiger partial charge in [0.1, 0.15) is 11.3 Å². The minimum Gasteiger partial charge on any atom is -0.342 e. The van der Waals surface area contributed by atoms with E-state index in [1.807, 2.05) is 18.5 Å². The number of aromatic amines is 1. The molecule has 2 aliphatic rings. The van der Waals surface area contributed by atoms with Crippen LogP contribution in [0.5, 0.6) is 0 Å². The SMILES string of the molecule is CN1CCN(c2ncc(CN3CCC(c4nc5c(F)cccc5[nH]4)CC3)cn2)CC1. The number of halogens is 1. The van der Waals surface area contributed by atoms with Crippen LogP contribution in [-0.4, -0.2) is 76.1 Å². The third-order valence-electron chi connectivity index (χ3n) is 6.34. The lowest BCUT2D eigenvalue weighted by Gasteiger charge is -2.32. The number of rotatable bonds is 4. The van der Waals surface area contributed by atoms with Gasteiger partial charge in [-0.1, -0.05) is 6.07 Å². The summed E-state index contributed by atoms with van der Waals surface area (Å²) in [7, 11) is 2.15. The Kier molecular flexibility index (Phi) is 5.35. The van der Waals surface area contributed by atoms with Crippen LogP contribution in [0.1, 0.15) is 30.1 Å². The number of nitrogens with zero attached hydrogens (tertiary/aromatic N) is 6. The van der Waals surface area contributed by atoms with Gasteiger partial charge in [0.05, 0.1) is 5.52 Å². The van der Waals surface area contributed by atoms with Gasteiger partial charge in [-0.25, -0.2) is 19.3 Å². The fourth-order valence-corrected chi connectivity index (χ4v) is 4.43. The molecule has 0 saturated carbocycles. The second-order valence-electron chi connectivity index (χ2n) is 8.49. The van der Waals surface area contributed by atoms with Gasteiger partial charge in [-0.2, -0.15) is 0 Å². The number of benzene rings is 1. The lowest BCUT2D eigenvalue weighted by atomic mass is 9.96. The Morgan fingerprint density at radius 3 is 2.47 bits per heavy atom. The number of likely N-dealkylation sites (tertiary alicyclic amines) is 1. The third kappa shape index (κ3) is 4.02. The molecular formula is C22H28FN7. The summed E-state index contributed by atoms with van der Waals surface area (Å²) in [6.07, 6.45) is 5.97. The van der Waals surface area contributed by atoms with Crippen molar-refractivity contribution < 1.29 is 4.39 Å². The number of piperazine rings is 1. The van der Waals surface area contributed by atoms with Crippen LogP contribution in [0.4, 0.5) is 10.3 Å². The standard InChI is InChI=1S/C22H28FN7/c1-28-9-11-30(12-10-28)22-24-13-16(14-25-22)15-29-7-5-17(6-8-29)21-26-19-4-2-3-18(23)20(19)27-21/h2-4,13-14,17H,5-12,15H2,1H3,(H,26,27). The van der Waals surface area contributed by atoms with Gasteiger partial charge >= 0.3 is 0 Å². The molecule has 0 bridgehead atoms. The predicted octanol–water partition coefficient (Wildman–Crippen LogP) is 2.62. The normalized spacial score (nSPS) is 19.6. The van der Waals surface area contributed by atoms with Crippen molar-refractivity contribution in [3.05, 3.63) is 47.8 Å². The van der Waals surface area contributed by atoms with E-state index < -0.39 is 0 Å². The van der Waals surface area contributed by atoms with E-state index in [0.717, 1.165) is 81.5 Å². The van der Waals surface area contributed by atoms with Crippen LogP contribution >= 0.6 is 0 Å². The molecule has 3 aromatic rings. The largest absolute Gasteiger partial charge is 0.342 e. The number of H-pyrrole nitrogens is 1. The highest BCUT2D eigenvalue weighted by molar-refractivity contribution is 5.75. The molecule has 0 amide bonds. The minimum atomic E-state index is -0.257. The summed E-state index contributed by atoms with van der Waals surface area (Å²) in [6.45, 7) is 6.92. The van der Waals surface area contributed by atoms with E-state index in [9.17, 15) is 4.39 Å². The molecule has 2 saturated heterocycles. The first-order valence-electron chi connectivity index (χ1n) is 10.8. The van der Waals surface area contributed by atoms with E-state index in [2.05, 4.69) is 41.7 Å². The zero-order chi connectivity index (χ0) is 20.5. The molecule has 0 spiro atoms. The zero-order valence-electron chi connectivity index (χ0n) is 17.4. The molecule has 1 N–H and O–H groups in total. The van der Waals surface area contributed by atoms with Crippen LogP contribution in [-0.2, 0) is 6.54 Å². The number of nitrogens with one attached hydrogen (secondary N) is 1. The number of hydrogen-bond acceptors (Lipinski definition) is 6. The topological polar surface area (TPSA) is 64.2 Å². The van der Waals surface area contributed by atoms with Crippen molar-refractivity contribution in [2.24, 2.45) is 0 Å². The van der Waals surface area contributed by atoms with E-state index in [0.29, 0.717) is 11.4 Å². The summed E-state index contributed by atoms with van der Waals surface area (Å²) in [5, 5.41) is 0. The maximum atomic E-state index is 13.9. The fraction of sp³-hybridized carbons (Fsp3) is 0.500. The maximum Gasteiger partial charge on any atom is 0.225 e. The molecule has 30 heavy (non-hydrogen) atoms. The number of para-hydroxylation sites is 1. The lowest BCUT2D eigenvalue weighted by Crippen LogP contribution is -2.45. The van der Waals surface area contributed by atoms with Crippen LogP contribution in [0.25, 0.3) is 11.0 Å². The van der Waals surface area contributed by atoms with E-state index >= 15 is 0 Å².